The minimum Gasteiger partial charge on any atom is -0.370 e. The molecule has 1 aliphatic heterocycles. The summed E-state index contributed by atoms with van der Waals surface area (Å²) in [6, 6.07) is 10.2. The normalized spacial score (nSPS) is 16.5. The van der Waals surface area contributed by atoms with Gasteiger partial charge in [0.2, 0.25) is 0 Å². The Balaban J connectivity index is 1.63. The summed E-state index contributed by atoms with van der Waals surface area (Å²) >= 11 is 1.66. The van der Waals surface area contributed by atoms with Crippen molar-refractivity contribution in [1.82, 2.24) is 9.88 Å². The van der Waals surface area contributed by atoms with Crippen LogP contribution in [0.15, 0.2) is 40.7 Å². The number of aromatic nitrogens is 1. The van der Waals surface area contributed by atoms with Crippen LogP contribution >= 0.6 is 11.3 Å². The minimum atomic E-state index is 0.561. The second-order valence-electron chi connectivity index (χ2n) is 5.59. The summed E-state index contributed by atoms with van der Waals surface area (Å²) in [7, 11) is 0. The van der Waals surface area contributed by atoms with E-state index in [0.29, 0.717) is 12.5 Å². The average Bonchev–Trinajstić information content (AvgIpc) is 2.87. The zero-order valence-corrected chi connectivity index (χ0v) is 13.6. The zero-order valence-electron chi connectivity index (χ0n) is 12.7. The highest BCUT2D eigenvalue weighted by atomic mass is 32.1. The van der Waals surface area contributed by atoms with Crippen molar-refractivity contribution in [2.75, 3.05) is 13.1 Å². The number of rotatable bonds is 3. The maximum atomic E-state index is 6.14. The average molecular weight is 314 g/mol. The number of aliphatic imine (C=N–C) groups is 1. The van der Waals surface area contributed by atoms with Crippen LogP contribution in [-0.2, 0) is 6.54 Å². The molecule has 0 unspecified atom stereocenters. The Morgan fingerprint density at radius 1 is 1.14 bits per heavy atom. The molecule has 1 aliphatic rings. The number of thiazole rings is 1. The second kappa shape index (κ2) is 7.40. The van der Waals surface area contributed by atoms with Crippen LogP contribution in [0.2, 0.25) is 0 Å². The molecule has 0 bridgehead atoms. The van der Waals surface area contributed by atoms with Crippen molar-refractivity contribution in [2.45, 2.75) is 32.2 Å². The fourth-order valence-corrected chi connectivity index (χ4v) is 3.47. The van der Waals surface area contributed by atoms with Gasteiger partial charge in [-0.15, -0.1) is 11.3 Å². The van der Waals surface area contributed by atoms with E-state index in [4.69, 9.17) is 5.73 Å². The molecule has 116 valence electrons. The highest BCUT2D eigenvalue weighted by molar-refractivity contribution is 7.13. The van der Waals surface area contributed by atoms with E-state index in [1.807, 2.05) is 18.2 Å². The maximum Gasteiger partial charge on any atom is 0.191 e. The molecular formula is C17H22N4S. The summed E-state index contributed by atoms with van der Waals surface area (Å²) in [6.07, 6.45) is 5.03. The molecule has 0 radical (unpaired) electrons. The first kappa shape index (κ1) is 15.0. The third-order valence-corrected chi connectivity index (χ3v) is 4.85. The van der Waals surface area contributed by atoms with Crippen LogP contribution in [0.3, 0.4) is 0 Å². The smallest absolute Gasteiger partial charge is 0.191 e. The van der Waals surface area contributed by atoms with Gasteiger partial charge in [-0.25, -0.2) is 9.98 Å². The predicted molar refractivity (Wildman–Crippen MR) is 92.9 cm³/mol. The summed E-state index contributed by atoms with van der Waals surface area (Å²) in [5.41, 5.74) is 8.28. The number of likely N-dealkylation sites (tertiary alicyclic amines) is 1. The monoisotopic (exact) mass is 314 g/mol. The van der Waals surface area contributed by atoms with Crippen LogP contribution in [0.4, 0.5) is 0 Å². The summed E-state index contributed by atoms with van der Waals surface area (Å²) in [4.78, 5) is 11.4. The van der Waals surface area contributed by atoms with Gasteiger partial charge < -0.3 is 10.6 Å². The molecular weight excluding hydrogens is 292 g/mol. The molecule has 0 spiro atoms. The Hall–Kier alpha value is -1.88. The molecule has 1 aromatic heterocycles. The third-order valence-electron chi connectivity index (χ3n) is 3.91. The van der Waals surface area contributed by atoms with Gasteiger partial charge in [0, 0.05) is 24.0 Å². The molecule has 3 rings (SSSR count). The van der Waals surface area contributed by atoms with Gasteiger partial charge in [0.15, 0.2) is 5.96 Å². The summed E-state index contributed by atoms with van der Waals surface area (Å²) in [5.74, 6) is 0.663. The Morgan fingerprint density at radius 2 is 1.86 bits per heavy atom. The lowest BCUT2D eigenvalue weighted by molar-refractivity contribution is 0.428. The van der Waals surface area contributed by atoms with E-state index in [-0.39, 0.29) is 0 Å². The van der Waals surface area contributed by atoms with E-state index in [0.717, 1.165) is 29.4 Å². The van der Waals surface area contributed by atoms with Crippen LogP contribution in [0.5, 0.6) is 0 Å². The number of benzene rings is 1. The molecule has 2 heterocycles. The third kappa shape index (κ3) is 3.85. The Bertz CT molecular complexity index is 613. The zero-order chi connectivity index (χ0) is 15.2. The molecule has 1 saturated heterocycles. The Kier molecular flexibility index (Phi) is 5.06. The minimum absolute atomic E-state index is 0.561. The van der Waals surface area contributed by atoms with Crippen molar-refractivity contribution in [2.24, 2.45) is 10.7 Å². The molecule has 2 aromatic rings. The Morgan fingerprint density at radius 3 is 2.59 bits per heavy atom. The van der Waals surface area contributed by atoms with Crippen LogP contribution in [0, 0.1) is 0 Å². The van der Waals surface area contributed by atoms with Gasteiger partial charge in [-0.1, -0.05) is 43.2 Å². The van der Waals surface area contributed by atoms with E-state index in [9.17, 15) is 0 Å². The molecule has 2 N–H and O–H groups in total. The first-order valence-electron chi connectivity index (χ1n) is 7.87. The summed E-state index contributed by atoms with van der Waals surface area (Å²) in [6.45, 7) is 2.62. The molecule has 5 heteroatoms. The summed E-state index contributed by atoms with van der Waals surface area (Å²) < 4.78 is 0. The van der Waals surface area contributed by atoms with E-state index in [1.54, 1.807) is 11.3 Å². The predicted octanol–water partition coefficient (Wildman–Crippen LogP) is 3.50. The highest BCUT2D eigenvalue weighted by Crippen LogP contribution is 2.23. The SMILES string of the molecule is NC(=NCc1csc(-c2ccccc2)n1)N1CCCCCC1. The fourth-order valence-electron chi connectivity index (χ4n) is 2.65. The van der Waals surface area contributed by atoms with E-state index in [2.05, 4.69) is 32.4 Å². The number of hydrogen-bond acceptors (Lipinski definition) is 3. The van der Waals surface area contributed by atoms with Crippen molar-refractivity contribution in [3.8, 4) is 10.6 Å². The highest BCUT2D eigenvalue weighted by Gasteiger charge is 2.11. The van der Waals surface area contributed by atoms with Gasteiger partial charge in [0.05, 0.1) is 12.2 Å². The lowest BCUT2D eigenvalue weighted by atomic mass is 10.2. The number of nitrogens with zero attached hydrogens (tertiary/aromatic N) is 3. The maximum absolute atomic E-state index is 6.14. The molecule has 22 heavy (non-hydrogen) atoms. The quantitative estimate of drug-likeness (QED) is 0.697. The van der Waals surface area contributed by atoms with Crippen LogP contribution in [-0.4, -0.2) is 28.9 Å². The first-order chi connectivity index (χ1) is 10.8. The molecule has 1 aromatic carbocycles. The lowest BCUT2D eigenvalue weighted by Crippen LogP contribution is -2.38. The molecule has 0 amide bonds. The Labute approximate surface area is 135 Å². The van der Waals surface area contributed by atoms with E-state index in [1.165, 1.54) is 25.7 Å². The van der Waals surface area contributed by atoms with E-state index < -0.39 is 0 Å². The standard InChI is InChI=1S/C17H22N4S/c18-17(21-10-6-1-2-7-11-21)19-12-15-13-22-16(20-15)14-8-4-3-5-9-14/h3-5,8-9,13H,1-2,6-7,10-12H2,(H2,18,19). The van der Waals surface area contributed by atoms with E-state index >= 15 is 0 Å². The van der Waals surface area contributed by atoms with Gasteiger partial charge in [0.25, 0.3) is 0 Å². The summed E-state index contributed by atoms with van der Waals surface area (Å²) in [5, 5.41) is 3.11. The van der Waals surface area contributed by atoms with Gasteiger partial charge >= 0.3 is 0 Å². The topological polar surface area (TPSA) is 54.5 Å². The van der Waals surface area contributed by atoms with Crippen LogP contribution in [0.1, 0.15) is 31.4 Å². The fraction of sp³-hybridized carbons (Fsp3) is 0.412. The van der Waals surface area contributed by atoms with Crippen LogP contribution in [0.25, 0.3) is 10.6 Å². The number of guanidine groups is 1. The molecule has 0 atom stereocenters. The molecule has 1 fully saturated rings. The van der Waals surface area contributed by atoms with Crippen molar-refractivity contribution < 1.29 is 0 Å². The molecule has 0 saturated carbocycles. The van der Waals surface area contributed by atoms with Gasteiger partial charge in [0.1, 0.15) is 5.01 Å². The number of nitrogens with two attached hydrogens (primary N) is 1. The van der Waals surface area contributed by atoms with Gasteiger partial charge in [-0.2, -0.15) is 0 Å². The first-order valence-corrected chi connectivity index (χ1v) is 8.75. The van der Waals surface area contributed by atoms with Gasteiger partial charge in [-0.3, -0.25) is 0 Å². The van der Waals surface area contributed by atoms with Crippen molar-refractivity contribution >= 4 is 17.3 Å². The van der Waals surface area contributed by atoms with Crippen molar-refractivity contribution in [1.29, 1.82) is 0 Å². The number of hydrogen-bond donors (Lipinski definition) is 1. The lowest BCUT2D eigenvalue weighted by Gasteiger charge is -2.20. The molecule has 0 aliphatic carbocycles. The van der Waals surface area contributed by atoms with Crippen molar-refractivity contribution in [3.05, 3.63) is 41.4 Å². The van der Waals surface area contributed by atoms with Gasteiger partial charge in [-0.05, 0) is 12.8 Å². The van der Waals surface area contributed by atoms with Crippen LogP contribution < -0.4 is 5.73 Å². The largest absolute Gasteiger partial charge is 0.370 e. The van der Waals surface area contributed by atoms with Crippen molar-refractivity contribution in [3.63, 3.8) is 0 Å². The second-order valence-corrected chi connectivity index (χ2v) is 6.44. The molecule has 4 nitrogen and oxygen atoms in total.